The topological polar surface area (TPSA) is 68.5 Å². The van der Waals surface area contributed by atoms with Gasteiger partial charge < -0.3 is 19.9 Å². The Morgan fingerprint density at radius 3 is 2.96 bits per heavy atom. The average molecular weight is 331 g/mol. The Bertz CT molecular complexity index is 699. The lowest BCUT2D eigenvalue weighted by molar-refractivity contribution is 0.163. The summed E-state index contributed by atoms with van der Waals surface area (Å²) in [6.45, 7) is 0.447. The monoisotopic (exact) mass is 331 g/mol. The highest BCUT2D eigenvalue weighted by atomic mass is 16.5. The highest BCUT2D eigenvalue weighted by Crippen LogP contribution is 2.32. The third-order valence-corrected chi connectivity index (χ3v) is 4.73. The van der Waals surface area contributed by atoms with Crippen molar-refractivity contribution in [2.75, 3.05) is 20.8 Å². The van der Waals surface area contributed by atoms with Gasteiger partial charge in [0.15, 0.2) is 0 Å². The molecule has 1 aromatic carbocycles. The molecule has 1 aliphatic carbocycles. The molecular weight excluding hydrogens is 306 g/mol. The molecule has 1 aliphatic rings. The van der Waals surface area contributed by atoms with Crippen LogP contribution in [0.25, 0.3) is 0 Å². The van der Waals surface area contributed by atoms with Crippen molar-refractivity contribution in [1.29, 1.82) is 0 Å². The van der Waals surface area contributed by atoms with Gasteiger partial charge in [-0.05, 0) is 37.5 Å². The summed E-state index contributed by atoms with van der Waals surface area (Å²) in [4.78, 5) is 0. The van der Waals surface area contributed by atoms with Crippen LogP contribution in [0.1, 0.15) is 41.8 Å². The first-order chi connectivity index (χ1) is 11.6. The van der Waals surface area contributed by atoms with E-state index in [-0.39, 0.29) is 6.04 Å². The van der Waals surface area contributed by atoms with Gasteiger partial charge >= 0.3 is 0 Å². The Labute approximate surface area is 142 Å². The minimum absolute atomic E-state index is 0.230. The zero-order chi connectivity index (χ0) is 17.1. The molecule has 0 saturated carbocycles. The summed E-state index contributed by atoms with van der Waals surface area (Å²) in [5, 5.41) is 18.5. The summed E-state index contributed by atoms with van der Waals surface area (Å²) in [6.07, 6.45) is 4.52. The van der Waals surface area contributed by atoms with Gasteiger partial charge in [0, 0.05) is 36.5 Å². The molecule has 6 nitrogen and oxygen atoms in total. The van der Waals surface area contributed by atoms with Crippen LogP contribution >= 0.6 is 0 Å². The number of methoxy groups -OCH3 is 2. The lowest BCUT2D eigenvalue weighted by Gasteiger charge is -2.25. The second-order valence-corrected chi connectivity index (χ2v) is 6.15. The number of benzene rings is 1. The molecular formula is C18H25N3O3. The van der Waals surface area contributed by atoms with Crippen LogP contribution in [0.3, 0.4) is 0 Å². The predicted octanol–water partition coefficient (Wildman–Crippen LogP) is 2.14. The van der Waals surface area contributed by atoms with E-state index in [4.69, 9.17) is 9.47 Å². The third kappa shape index (κ3) is 3.25. The SMILES string of the molecule is COc1ccc(OC)c([C@@H](O)CN[C@H]2CCCc3c2cnn3C)c1. The number of aryl methyl sites for hydroxylation is 1. The maximum Gasteiger partial charge on any atom is 0.124 e. The first-order valence-corrected chi connectivity index (χ1v) is 8.28. The summed E-state index contributed by atoms with van der Waals surface area (Å²) in [7, 11) is 5.20. The molecule has 1 aromatic heterocycles. The van der Waals surface area contributed by atoms with Crippen molar-refractivity contribution in [3.05, 3.63) is 41.2 Å². The summed E-state index contributed by atoms with van der Waals surface area (Å²) in [5.41, 5.74) is 3.26. The van der Waals surface area contributed by atoms with Crippen LogP contribution in [0, 0.1) is 0 Å². The lowest BCUT2D eigenvalue weighted by atomic mass is 9.92. The van der Waals surface area contributed by atoms with Crippen molar-refractivity contribution >= 4 is 0 Å². The zero-order valence-corrected chi connectivity index (χ0v) is 14.5. The van der Waals surface area contributed by atoms with Gasteiger partial charge in [-0.25, -0.2) is 0 Å². The van der Waals surface area contributed by atoms with Gasteiger partial charge in [-0.15, -0.1) is 0 Å². The number of ether oxygens (including phenoxy) is 2. The van der Waals surface area contributed by atoms with Crippen molar-refractivity contribution in [2.24, 2.45) is 7.05 Å². The van der Waals surface area contributed by atoms with Crippen molar-refractivity contribution in [2.45, 2.75) is 31.4 Å². The Morgan fingerprint density at radius 2 is 2.21 bits per heavy atom. The molecule has 3 rings (SSSR count). The molecule has 2 atom stereocenters. The highest BCUT2D eigenvalue weighted by Gasteiger charge is 2.24. The van der Waals surface area contributed by atoms with E-state index in [0.717, 1.165) is 24.8 Å². The standard InChI is InChI=1S/C18H25N3O3/c1-21-16-6-4-5-15(14(16)10-20-21)19-11-17(22)13-9-12(23-2)7-8-18(13)24-3/h7-10,15,17,19,22H,4-6,11H2,1-3H3/t15-,17-/m0/s1. The van der Waals surface area contributed by atoms with Crippen molar-refractivity contribution in [1.82, 2.24) is 15.1 Å². The first kappa shape index (κ1) is 16.8. The van der Waals surface area contributed by atoms with E-state index in [1.54, 1.807) is 14.2 Å². The minimum atomic E-state index is -0.669. The molecule has 0 aliphatic heterocycles. The third-order valence-electron chi connectivity index (χ3n) is 4.73. The molecule has 0 unspecified atom stereocenters. The van der Waals surface area contributed by atoms with Gasteiger partial charge in [-0.1, -0.05) is 0 Å². The molecule has 130 valence electrons. The van der Waals surface area contributed by atoms with Gasteiger partial charge in [0.05, 0.1) is 26.5 Å². The van der Waals surface area contributed by atoms with Crippen LogP contribution in [0.4, 0.5) is 0 Å². The van der Waals surface area contributed by atoms with Crippen LogP contribution < -0.4 is 14.8 Å². The Morgan fingerprint density at radius 1 is 1.38 bits per heavy atom. The summed E-state index contributed by atoms with van der Waals surface area (Å²) in [5.74, 6) is 1.37. The zero-order valence-electron chi connectivity index (χ0n) is 14.5. The molecule has 6 heteroatoms. The van der Waals surface area contributed by atoms with Crippen LogP contribution in [-0.4, -0.2) is 35.7 Å². The van der Waals surface area contributed by atoms with E-state index < -0.39 is 6.10 Å². The number of fused-ring (bicyclic) bond motifs is 1. The molecule has 24 heavy (non-hydrogen) atoms. The molecule has 0 bridgehead atoms. The molecule has 0 saturated heterocycles. The van der Waals surface area contributed by atoms with E-state index in [1.165, 1.54) is 11.3 Å². The van der Waals surface area contributed by atoms with E-state index in [9.17, 15) is 5.11 Å². The number of hydrogen-bond donors (Lipinski definition) is 2. The molecule has 2 N–H and O–H groups in total. The Hall–Kier alpha value is -2.05. The molecule has 0 fully saturated rings. The fourth-order valence-corrected chi connectivity index (χ4v) is 3.38. The maximum atomic E-state index is 10.6. The van der Waals surface area contributed by atoms with Crippen molar-refractivity contribution < 1.29 is 14.6 Å². The van der Waals surface area contributed by atoms with Crippen molar-refractivity contribution in [3.63, 3.8) is 0 Å². The van der Waals surface area contributed by atoms with Gasteiger partial charge in [-0.2, -0.15) is 5.10 Å². The van der Waals surface area contributed by atoms with Crippen LogP contribution in [-0.2, 0) is 13.5 Å². The van der Waals surface area contributed by atoms with E-state index in [2.05, 4.69) is 10.4 Å². The van der Waals surface area contributed by atoms with Crippen LogP contribution in [0.2, 0.25) is 0 Å². The predicted molar refractivity (Wildman–Crippen MR) is 91.4 cm³/mol. The quantitative estimate of drug-likeness (QED) is 0.849. The fourth-order valence-electron chi connectivity index (χ4n) is 3.38. The number of nitrogens with zero attached hydrogens (tertiary/aromatic N) is 2. The number of aliphatic hydroxyl groups excluding tert-OH is 1. The lowest BCUT2D eigenvalue weighted by Crippen LogP contribution is -2.29. The fraction of sp³-hybridized carbons (Fsp3) is 0.500. The maximum absolute atomic E-state index is 10.6. The van der Waals surface area contributed by atoms with Crippen molar-refractivity contribution in [3.8, 4) is 11.5 Å². The van der Waals surface area contributed by atoms with Gasteiger partial charge in [0.2, 0.25) is 0 Å². The second kappa shape index (κ2) is 7.23. The highest BCUT2D eigenvalue weighted by molar-refractivity contribution is 5.41. The van der Waals surface area contributed by atoms with Gasteiger partial charge in [-0.3, -0.25) is 4.68 Å². The normalized spacial score (nSPS) is 18.1. The average Bonchev–Trinajstić information content (AvgIpc) is 3.01. The number of rotatable bonds is 6. The van der Waals surface area contributed by atoms with E-state index in [1.807, 2.05) is 36.1 Å². The summed E-state index contributed by atoms with van der Waals surface area (Å²) in [6, 6.07) is 5.69. The molecule has 0 spiro atoms. The number of aromatic nitrogens is 2. The van der Waals surface area contributed by atoms with Gasteiger partial charge in [0.25, 0.3) is 0 Å². The Balaban J connectivity index is 1.71. The van der Waals surface area contributed by atoms with Gasteiger partial charge in [0.1, 0.15) is 11.5 Å². The molecule has 2 aromatic rings. The number of nitrogens with one attached hydrogen (secondary N) is 1. The second-order valence-electron chi connectivity index (χ2n) is 6.15. The first-order valence-electron chi connectivity index (χ1n) is 8.28. The number of aliphatic hydroxyl groups is 1. The van der Waals surface area contributed by atoms with E-state index in [0.29, 0.717) is 18.0 Å². The Kier molecular flexibility index (Phi) is 5.06. The van der Waals surface area contributed by atoms with E-state index >= 15 is 0 Å². The minimum Gasteiger partial charge on any atom is -0.497 e. The smallest absolute Gasteiger partial charge is 0.124 e. The summed E-state index contributed by atoms with van der Waals surface area (Å²) >= 11 is 0. The molecule has 0 radical (unpaired) electrons. The van der Waals surface area contributed by atoms with Crippen LogP contribution in [0.5, 0.6) is 11.5 Å². The van der Waals surface area contributed by atoms with Crippen LogP contribution in [0.15, 0.2) is 24.4 Å². The molecule has 0 amide bonds. The largest absolute Gasteiger partial charge is 0.497 e. The number of hydrogen-bond acceptors (Lipinski definition) is 5. The summed E-state index contributed by atoms with van der Waals surface area (Å²) < 4.78 is 12.6. The molecule has 1 heterocycles.